The number of halogens is 1. The quantitative estimate of drug-likeness (QED) is 0.762. The molecule has 0 radical (unpaired) electrons. The van der Waals surface area contributed by atoms with Crippen molar-refractivity contribution in [3.8, 4) is 0 Å². The number of aryl methyl sites for hydroxylation is 1. The second kappa shape index (κ2) is 5.93. The highest BCUT2D eigenvalue weighted by molar-refractivity contribution is 8.14. The summed E-state index contributed by atoms with van der Waals surface area (Å²) in [5.74, 6) is 0.440. The van der Waals surface area contributed by atoms with E-state index in [9.17, 15) is 9.59 Å². The third kappa shape index (κ3) is 4.49. The Kier molecular flexibility index (Phi) is 4.85. The lowest BCUT2D eigenvalue weighted by molar-refractivity contribution is -0.111. The molecule has 15 heavy (non-hydrogen) atoms. The number of thioether (sulfide) groups is 1. The van der Waals surface area contributed by atoms with Crippen LogP contribution in [0.1, 0.15) is 22.3 Å². The van der Waals surface area contributed by atoms with E-state index < -0.39 is 5.24 Å². The minimum Gasteiger partial charge on any atom is -0.282 e. The number of carbonyl (C=O) groups excluding carboxylic acids is 2. The summed E-state index contributed by atoms with van der Waals surface area (Å²) in [6, 6.07) is 7.35. The van der Waals surface area contributed by atoms with Crippen molar-refractivity contribution in [1.29, 1.82) is 0 Å². The summed E-state index contributed by atoms with van der Waals surface area (Å²) in [6.07, 6.45) is 0.226. The van der Waals surface area contributed by atoms with E-state index in [1.165, 1.54) is 0 Å². The molecule has 0 atom stereocenters. The molecule has 1 aromatic rings. The summed E-state index contributed by atoms with van der Waals surface area (Å²) in [6.45, 7) is 1.97. The van der Waals surface area contributed by atoms with Crippen LogP contribution >= 0.6 is 23.4 Å². The van der Waals surface area contributed by atoms with Gasteiger partial charge in [0, 0.05) is 17.7 Å². The Morgan fingerprint density at radius 3 is 2.40 bits per heavy atom. The Hall–Kier alpha value is -0.800. The first-order valence-corrected chi connectivity index (χ1v) is 5.88. The molecule has 4 heteroatoms. The highest BCUT2D eigenvalue weighted by Gasteiger charge is 2.06. The van der Waals surface area contributed by atoms with Gasteiger partial charge in [-0.05, 0) is 18.5 Å². The Morgan fingerprint density at radius 1 is 1.27 bits per heavy atom. The molecule has 0 aliphatic heterocycles. The summed E-state index contributed by atoms with van der Waals surface area (Å²) >= 11 is 6.28. The lowest BCUT2D eigenvalue weighted by Crippen LogP contribution is -1.97. The van der Waals surface area contributed by atoms with Crippen molar-refractivity contribution < 1.29 is 9.59 Å². The standard InChI is InChI=1S/C11H11ClO2S/c1-8-2-4-9(5-3-8)11(14)15-7-6-10(12)13/h2-5H,6-7H2,1H3. The van der Waals surface area contributed by atoms with Gasteiger partial charge in [0.1, 0.15) is 0 Å². The van der Waals surface area contributed by atoms with Gasteiger partial charge in [0.2, 0.25) is 10.4 Å². The predicted molar refractivity (Wildman–Crippen MR) is 63.4 cm³/mol. The molecule has 0 saturated heterocycles. The number of carbonyl (C=O) groups is 2. The molecule has 0 N–H and O–H groups in total. The normalized spacial score (nSPS) is 10.0. The van der Waals surface area contributed by atoms with E-state index in [0.29, 0.717) is 11.3 Å². The van der Waals surface area contributed by atoms with Gasteiger partial charge in [-0.25, -0.2) is 0 Å². The Balaban J connectivity index is 2.47. The topological polar surface area (TPSA) is 34.1 Å². The number of rotatable bonds is 4. The number of hydrogen-bond acceptors (Lipinski definition) is 3. The largest absolute Gasteiger partial charge is 0.282 e. The van der Waals surface area contributed by atoms with E-state index >= 15 is 0 Å². The molecule has 0 heterocycles. The highest BCUT2D eigenvalue weighted by atomic mass is 35.5. The lowest BCUT2D eigenvalue weighted by Gasteiger charge is -1.99. The van der Waals surface area contributed by atoms with Crippen LogP contribution in [-0.4, -0.2) is 16.1 Å². The van der Waals surface area contributed by atoms with Gasteiger partial charge < -0.3 is 0 Å². The van der Waals surface area contributed by atoms with Gasteiger partial charge in [0.15, 0.2) is 0 Å². The first kappa shape index (κ1) is 12.3. The summed E-state index contributed by atoms with van der Waals surface area (Å²) in [5, 5.41) is -0.424. The summed E-state index contributed by atoms with van der Waals surface area (Å²) in [7, 11) is 0. The molecule has 0 saturated carbocycles. The van der Waals surface area contributed by atoms with Crippen LogP contribution in [0, 0.1) is 6.92 Å². The first-order valence-electron chi connectivity index (χ1n) is 4.51. The van der Waals surface area contributed by atoms with Crippen LogP contribution in [-0.2, 0) is 4.79 Å². The Labute approximate surface area is 98.0 Å². The fourth-order valence-corrected chi connectivity index (χ4v) is 1.98. The second-order valence-corrected chi connectivity index (χ2v) is 4.60. The number of benzene rings is 1. The monoisotopic (exact) mass is 242 g/mol. The summed E-state index contributed by atoms with van der Waals surface area (Å²) in [5.41, 5.74) is 1.78. The SMILES string of the molecule is Cc1ccc(C(=O)SCCC(=O)Cl)cc1. The van der Waals surface area contributed by atoms with Gasteiger partial charge in [0.25, 0.3) is 0 Å². The predicted octanol–water partition coefficient (Wildman–Crippen LogP) is 3.02. The van der Waals surface area contributed by atoms with Gasteiger partial charge >= 0.3 is 0 Å². The van der Waals surface area contributed by atoms with Gasteiger partial charge in [-0.1, -0.05) is 41.6 Å². The highest BCUT2D eigenvalue weighted by Crippen LogP contribution is 2.14. The fourth-order valence-electron chi connectivity index (χ4n) is 0.997. The van der Waals surface area contributed by atoms with Crippen molar-refractivity contribution >= 4 is 33.7 Å². The van der Waals surface area contributed by atoms with E-state index in [-0.39, 0.29) is 11.5 Å². The maximum Gasteiger partial charge on any atom is 0.222 e. The third-order valence-corrected chi connectivity index (χ3v) is 2.91. The molecule has 2 nitrogen and oxygen atoms in total. The van der Waals surface area contributed by atoms with Crippen molar-refractivity contribution in [2.75, 3.05) is 5.75 Å². The average molecular weight is 243 g/mol. The van der Waals surface area contributed by atoms with Crippen LogP contribution in [0.3, 0.4) is 0 Å². The minimum atomic E-state index is -0.404. The van der Waals surface area contributed by atoms with Crippen LogP contribution in [0.5, 0.6) is 0 Å². The van der Waals surface area contributed by atoms with Crippen LogP contribution in [0.2, 0.25) is 0 Å². The maximum atomic E-state index is 11.5. The van der Waals surface area contributed by atoms with E-state index in [4.69, 9.17) is 11.6 Å². The molecule has 0 aromatic heterocycles. The van der Waals surface area contributed by atoms with E-state index in [1.807, 2.05) is 19.1 Å². The van der Waals surface area contributed by atoms with Crippen LogP contribution < -0.4 is 0 Å². The second-order valence-electron chi connectivity index (χ2n) is 3.11. The fraction of sp³-hybridized carbons (Fsp3) is 0.273. The zero-order valence-electron chi connectivity index (χ0n) is 8.33. The van der Waals surface area contributed by atoms with Crippen molar-refractivity contribution in [2.24, 2.45) is 0 Å². The van der Waals surface area contributed by atoms with Gasteiger partial charge in [-0.15, -0.1) is 0 Å². The van der Waals surface area contributed by atoms with Gasteiger partial charge in [0.05, 0.1) is 0 Å². The lowest BCUT2D eigenvalue weighted by atomic mass is 10.2. The Morgan fingerprint density at radius 2 is 1.87 bits per heavy atom. The molecule has 0 spiro atoms. The van der Waals surface area contributed by atoms with Crippen LogP contribution in [0.4, 0.5) is 0 Å². The molecule has 0 aliphatic rings. The smallest absolute Gasteiger partial charge is 0.222 e. The van der Waals surface area contributed by atoms with E-state index in [2.05, 4.69) is 0 Å². The Bertz CT molecular complexity index is 359. The molecule has 0 unspecified atom stereocenters. The summed E-state index contributed by atoms with van der Waals surface area (Å²) < 4.78 is 0. The average Bonchev–Trinajstić information content (AvgIpc) is 2.18. The molecular weight excluding hydrogens is 232 g/mol. The van der Waals surface area contributed by atoms with Gasteiger partial charge in [-0.2, -0.15) is 0 Å². The van der Waals surface area contributed by atoms with E-state index in [0.717, 1.165) is 17.3 Å². The zero-order valence-corrected chi connectivity index (χ0v) is 9.90. The molecule has 0 bridgehead atoms. The molecule has 1 aromatic carbocycles. The maximum absolute atomic E-state index is 11.5. The van der Waals surface area contributed by atoms with Crippen molar-refractivity contribution in [3.05, 3.63) is 35.4 Å². The summed E-state index contributed by atoms with van der Waals surface area (Å²) in [4.78, 5) is 22.0. The molecule has 0 amide bonds. The van der Waals surface area contributed by atoms with Crippen molar-refractivity contribution in [3.63, 3.8) is 0 Å². The van der Waals surface area contributed by atoms with Crippen LogP contribution in [0.25, 0.3) is 0 Å². The first-order chi connectivity index (χ1) is 7.09. The third-order valence-electron chi connectivity index (χ3n) is 1.82. The molecule has 0 fully saturated rings. The molecular formula is C11H11ClO2S. The zero-order chi connectivity index (χ0) is 11.3. The van der Waals surface area contributed by atoms with E-state index in [1.54, 1.807) is 12.1 Å². The van der Waals surface area contributed by atoms with Crippen molar-refractivity contribution in [2.45, 2.75) is 13.3 Å². The molecule has 0 aliphatic carbocycles. The number of hydrogen-bond donors (Lipinski definition) is 0. The molecule has 1 rings (SSSR count). The minimum absolute atomic E-state index is 0.0204. The molecule has 80 valence electrons. The van der Waals surface area contributed by atoms with Crippen LogP contribution in [0.15, 0.2) is 24.3 Å². The van der Waals surface area contributed by atoms with Gasteiger partial charge in [-0.3, -0.25) is 9.59 Å². The van der Waals surface area contributed by atoms with Crippen molar-refractivity contribution in [1.82, 2.24) is 0 Å².